The molecular weight excluding hydrogens is 304 g/mol. The van der Waals surface area contributed by atoms with Crippen LogP contribution in [0.4, 0.5) is 0 Å². The van der Waals surface area contributed by atoms with Crippen LogP contribution in [0.1, 0.15) is 32.4 Å². The predicted molar refractivity (Wildman–Crippen MR) is 84.4 cm³/mol. The highest BCUT2D eigenvalue weighted by molar-refractivity contribution is 9.10. The molecule has 19 heavy (non-hydrogen) atoms. The number of aliphatic hydroxyl groups is 1. The summed E-state index contributed by atoms with van der Waals surface area (Å²) < 4.78 is 1.09. The van der Waals surface area contributed by atoms with Crippen LogP contribution in [0.25, 0.3) is 0 Å². The molecule has 0 heterocycles. The Kier molecular flexibility index (Phi) is 7.61. The van der Waals surface area contributed by atoms with Crippen molar-refractivity contribution < 1.29 is 5.11 Å². The average molecular weight is 329 g/mol. The molecule has 0 aromatic heterocycles. The smallest absolute Gasteiger partial charge is 0.0791 e. The summed E-state index contributed by atoms with van der Waals surface area (Å²) in [6, 6.07) is 8.49. The second-order valence-electron chi connectivity index (χ2n) is 4.82. The molecule has 0 spiro atoms. The van der Waals surface area contributed by atoms with E-state index in [-0.39, 0.29) is 12.1 Å². The fraction of sp³-hybridized carbons (Fsp3) is 0.600. The Morgan fingerprint density at radius 3 is 2.58 bits per heavy atom. The molecule has 1 aromatic rings. The fourth-order valence-electron chi connectivity index (χ4n) is 2.05. The van der Waals surface area contributed by atoms with Crippen LogP contribution in [-0.2, 0) is 0 Å². The van der Waals surface area contributed by atoms with Crippen molar-refractivity contribution in [1.82, 2.24) is 10.2 Å². The van der Waals surface area contributed by atoms with Crippen molar-refractivity contribution in [2.75, 3.05) is 26.2 Å². The van der Waals surface area contributed by atoms with E-state index in [4.69, 9.17) is 0 Å². The number of halogens is 1. The van der Waals surface area contributed by atoms with E-state index in [0.29, 0.717) is 6.54 Å². The zero-order chi connectivity index (χ0) is 14.3. The van der Waals surface area contributed by atoms with E-state index in [9.17, 15) is 5.11 Å². The minimum Gasteiger partial charge on any atom is -0.390 e. The third-order valence-corrected chi connectivity index (χ3v) is 3.86. The number of nitrogens with one attached hydrogen (secondary N) is 1. The number of hydrogen-bond acceptors (Lipinski definition) is 3. The van der Waals surface area contributed by atoms with Gasteiger partial charge in [0.2, 0.25) is 0 Å². The van der Waals surface area contributed by atoms with Crippen LogP contribution in [0, 0.1) is 0 Å². The summed E-state index contributed by atoms with van der Waals surface area (Å²) >= 11 is 3.48. The average Bonchev–Trinajstić information content (AvgIpc) is 2.42. The van der Waals surface area contributed by atoms with Gasteiger partial charge in [-0.1, -0.05) is 41.9 Å². The van der Waals surface area contributed by atoms with Crippen molar-refractivity contribution in [3.05, 3.63) is 34.3 Å². The molecule has 108 valence electrons. The van der Waals surface area contributed by atoms with Gasteiger partial charge in [0.25, 0.3) is 0 Å². The highest BCUT2D eigenvalue weighted by Gasteiger charge is 2.11. The molecule has 1 aromatic carbocycles. The van der Waals surface area contributed by atoms with Gasteiger partial charge in [0.05, 0.1) is 6.10 Å². The van der Waals surface area contributed by atoms with Crippen LogP contribution in [-0.4, -0.2) is 42.3 Å². The number of hydrogen-bond donors (Lipinski definition) is 2. The molecule has 0 radical (unpaired) electrons. The highest BCUT2D eigenvalue weighted by atomic mass is 79.9. The summed E-state index contributed by atoms with van der Waals surface area (Å²) in [7, 11) is 0. The molecule has 0 fully saturated rings. The van der Waals surface area contributed by atoms with Gasteiger partial charge in [0.1, 0.15) is 0 Å². The maximum Gasteiger partial charge on any atom is 0.0791 e. The van der Waals surface area contributed by atoms with Gasteiger partial charge in [-0.15, -0.1) is 0 Å². The molecule has 4 heteroatoms. The van der Waals surface area contributed by atoms with E-state index in [2.05, 4.69) is 59.1 Å². The van der Waals surface area contributed by atoms with Crippen molar-refractivity contribution in [2.24, 2.45) is 0 Å². The minimum absolute atomic E-state index is 0.240. The largest absolute Gasteiger partial charge is 0.390 e. The maximum atomic E-state index is 10.0. The lowest BCUT2D eigenvalue weighted by molar-refractivity contribution is 0.114. The van der Waals surface area contributed by atoms with Crippen LogP contribution in [0.3, 0.4) is 0 Å². The fourth-order valence-corrected chi connectivity index (χ4v) is 2.47. The normalized spacial score (nSPS) is 14.6. The standard InChI is InChI=1S/C15H25BrN2O/c1-4-18(5-2)11-15(19)10-17-12(3)13-7-6-8-14(16)9-13/h6-9,12,15,17,19H,4-5,10-11H2,1-3H3. The van der Waals surface area contributed by atoms with Gasteiger partial charge < -0.3 is 15.3 Å². The molecule has 0 aliphatic carbocycles. The lowest BCUT2D eigenvalue weighted by atomic mass is 10.1. The summed E-state index contributed by atoms with van der Waals surface area (Å²) in [5.41, 5.74) is 1.23. The molecule has 2 N–H and O–H groups in total. The van der Waals surface area contributed by atoms with Gasteiger partial charge in [-0.05, 0) is 37.7 Å². The summed E-state index contributed by atoms with van der Waals surface area (Å²) in [4.78, 5) is 2.23. The molecule has 0 aliphatic heterocycles. The Labute approximate surface area is 125 Å². The second-order valence-corrected chi connectivity index (χ2v) is 5.74. The summed E-state index contributed by atoms with van der Waals surface area (Å²) in [6.07, 6.45) is -0.325. The maximum absolute atomic E-state index is 10.0. The van der Waals surface area contributed by atoms with Gasteiger partial charge >= 0.3 is 0 Å². The number of aliphatic hydroxyl groups excluding tert-OH is 1. The SMILES string of the molecule is CCN(CC)CC(O)CNC(C)c1cccc(Br)c1. The highest BCUT2D eigenvalue weighted by Crippen LogP contribution is 2.17. The van der Waals surface area contributed by atoms with Gasteiger partial charge in [-0.25, -0.2) is 0 Å². The van der Waals surface area contributed by atoms with Gasteiger partial charge in [0.15, 0.2) is 0 Å². The zero-order valence-corrected chi connectivity index (χ0v) is 13.7. The molecule has 0 saturated heterocycles. The first kappa shape index (κ1) is 16.6. The van der Waals surface area contributed by atoms with E-state index in [1.807, 2.05) is 12.1 Å². The third-order valence-electron chi connectivity index (χ3n) is 3.37. The van der Waals surface area contributed by atoms with Crippen LogP contribution >= 0.6 is 15.9 Å². The predicted octanol–water partition coefficient (Wildman–Crippen LogP) is 2.80. The molecular formula is C15H25BrN2O. The van der Waals surface area contributed by atoms with E-state index < -0.39 is 0 Å². The summed E-state index contributed by atoms with van der Waals surface area (Å²) in [5.74, 6) is 0. The first-order valence-corrected chi connectivity index (χ1v) is 7.75. The Morgan fingerprint density at radius 1 is 1.32 bits per heavy atom. The Bertz CT molecular complexity index is 369. The monoisotopic (exact) mass is 328 g/mol. The molecule has 3 nitrogen and oxygen atoms in total. The van der Waals surface area contributed by atoms with Crippen molar-refractivity contribution in [2.45, 2.75) is 32.9 Å². The van der Waals surface area contributed by atoms with Gasteiger partial charge in [-0.2, -0.15) is 0 Å². The second kappa shape index (κ2) is 8.69. The minimum atomic E-state index is -0.325. The zero-order valence-electron chi connectivity index (χ0n) is 12.1. The van der Waals surface area contributed by atoms with Crippen molar-refractivity contribution >= 4 is 15.9 Å². The van der Waals surface area contributed by atoms with Crippen LogP contribution in [0.5, 0.6) is 0 Å². The summed E-state index contributed by atoms with van der Waals surface area (Å²) in [5, 5.41) is 13.4. The van der Waals surface area contributed by atoms with Crippen molar-refractivity contribution in [3.63, 3.8) is 0 Å². The van der Waals surface area contributed by atoms with Gasteiger partial charge in [-0.3, -0.25) is 0 Å². The Hall–Kier alpha value is -0.420. The molecule has 0 amide bonds. The van der Waals surface area contributed by atoms with Crippen LogP contribution < -0.4 is 5.32 Å². The summed E-state index contributed by atoms with van der Waals surface area (Å²) in [6.45, 7) is 9.66. The quantitative estimate of drug-likeness (QED) is 0.770. The Balaban J connectivity index is 2.39. The molecule has 1 rings (SSSR count). The van der Waals surface area contributed by atoms with E-state index in [0.717, 1.165) is 24.1 Å². The molecule has 2 unspecified atom stereocenters. The first-order chi connectivity index (χ1) is 9.06. The van der Waals surface area contributed by atoms with E-state index in [1.54, 1.807) is 0 Å². The number of likely N-dealkylation sites (N-methyl/N-ethyl adjacent to an activating group) is 1. The number of nitrogens with zero attached hydrogens (tertiary/aromatic N) is 1. The lowest BCUT2D eigenvalue weighted by Gasteiger charge is -2.23. The third kappa shape index (κ3) is 6.04. The molecule has 0 aliphatic rings. The van der Waals surface area contributed by atoms with Crippen LogP contribution in [0.2, 0.25) is 0 Å². The van der Waals surface area contributed by atoms with E-state index in [1.165, 1.54) is 5.56 Å². The number of benzene rings is 1. The van der Waals surface area contributed by atoms with Crippen LogP contribution in [0.15, 0.2) is 28.7 Å². The molecule has 0 saturated carbocycles. The molecule has 2 atom stereocenters. The molecule has 0 bridgehead atoms. The Morgan fingerprint density at radius 2 is 2.00 bits per heavy atom. The van der Waals surface area contributed by atoms with Gasteiger partial charge in [0, 0.05) is 23.6 Å². The van der Waals surface area contributed by atoms with Crippen molar-refractivity contribution in [3.8, 4) is 0 Å². The van der Waals surface area contributed by atoms with Crippen molar-refractivity contribution in [1.29, 1.82) is 0 Å². The number of rotatable bonds is 8. The first-order valence-electron chi connectivity index (χ1n) is 6.96. The van der Waals surface area contributed by atoms with E-state index >= 15 is 0 Å². The topological polar surface area (TPSA) is 35.5 Å². The lowest BCUT2D eigenvalue weighted by Crippen LogP contribution is -2.38.